The van der Waals surface area contributed by atoms with E-state index >= 15 is 0 Å². The molecule has 0 aliphatic heterocycles. The molecule has 4 heteroatoms. The van der Waals surface area contributed by atoms with Crippen molar-refractivity contribution < 1.29 is 9.60 Å². The van der Waals surface area contributed by atoms with Crippen molar-refractivity contribution in [1.82, 2.24) is 5.48 Å². The zero-order chi connectivity index (χ0) is 10.8. The van der Waals surface area contributed by atoms with Crippen LogP contribution in [0.3, 0.4) is 0 Å². The molecule has 0 aliphatic carbocycles. The van der Waals surface area contributed by atoms with Crippen LogP contribution in [-0.2, 0) is 12.2 Å². The summed E-state index contributed by atoms with van der Waals surface area (Å²) in [5.41, 5.74) is 1.88. The first-order valence-electron chi connectivity index (χ1n) is 4.30. The first-order chi connectivity index (χ1) is 6.45. The van der Waals surface area contributed by atoms with Crippen molar-refractivity contribution in [3.05, 3.63) is 34.3 Å². The first-order valence-corrected chi connectivity index (χ1v) is 4.67. The minimum Gasteiger partial charge on any atom is -0.316 e. The second-order valence-electron chi connectivity index (χ2n) is 3.61. The summed E-state index contributed by atoms with van der Waals surface area (Å²) in [7, 11) is 0. The molecule has 0 spiro atoms. The molecular formula is C10H13ClFNO. The Labute approximate surface area is 87.7 Å². The standard InChI is InChI=1S/C10H13ClFNO/c1-10(2,12)8-4-3-7(6-13-14)9(11)5-8/h3-5,13-14H,6H2,1-2H3. The number of hydrogen-bond donors (Lipinski definition) is 2. The number of alkyl halides is 1. The summed E-state index contributed by atoms with van der Waals surface area (Å²) >= 11 is 5.90. The van der Waals surface area contributed by atoms with Crippen LogP contribution in [0, 0.1) is 0 Å². The van der Waals surface area contributed by atoms with E-state index in [-0.39, 0.29) is 6.54 Å². The molecule has 2 nitrogen and oxygen atoms in total. The lowest BCUT2D eigenvalue weighted by Gasteiger charge is -2.15. The van der Waals surface area contributed by atoms with Crippen molar-refractivity contribution in [3.63, 3.8) is 0 Å². The van der Waals surface area contributed by atoms with E-state index in [0.29, 0.717) is 10.6 Å². The fraction of sp³-hybridized carbons (Fsp3) is 0.400. The van der Waals surface area contributed by atoms with Gasteiger partial charge in [-0.25, -0.2) is 9.87 Å². The Hall–Kier alpha value is -0.640. The van der Waals surface area contributed by atoms with Gasteiger partial charge in [-0.2, -0.15) is 0 Å². The zero-order valence-corrected chi connectivity index (χ0v) is 8.90. The maximum absolute atomic E-state index is 13.5. The third-order valence-electron chi connectivity index (χ3n) is 2.01. The van der Waals surface area contributed by atoms with E-state index in [0.717, 1.165) is 5.56 Å². The highest BCUT2D eigenvalue weighted by atomic mass is 35.5. The van der Waals surface area contributed by atoms with Gasteiger partial charge in [0.05, 0.1) is 0 Å². The summed E-state index contributed by atoms with van der Waals surface area (Å²) < 4.78 is 13.5. The van der Waals surface area contributed by atoms with Crippen LogP contribution < -0.4 is 5.48 Å². The van der Waals surface area contributed by atoms with E-state index in [1.165, 1.54) is 13.8 Å². The van der Waals surface area contributed by atoms with Crippen molar-refractivity contribution in [2.45, 2.75) is 26.1 Å². The van der Waals surface area contributed by atoms with Gasteiger partial charge < -0.3 is 5.21 Å². The van der Waals surface area contributed by atoms with Crippen molar-refractivity contribution in [2.24, 2.45) is 0 Å². The molecule has 78 valence electrons. The van der Waals surface area contributed by atoms with Crippen LogP contribution >= 0.6 is 11.6 Å². The second-order valence-corrected chi connectivity index (χ2v) is 4.02. The zero-order valence-electron chi connectivity index (χ0n) is 8.14. The largest absolute Gasteiger partial charge is 0.316 e. The molecule has 14 heavy (non-hydrogen) atoms. The summed E-state index contributed by atoms with van der Waals surface area (Å²) in [4.78, 5) is 0. The quantitative estimate of drug-likeness (QED) is 0.763. The van der Waals surface area contributed by atoms with Gasteiger partial charge in [0.15, 0.2) is 0 Å². The fourth-order valence-electron chi connectivity index (χ4n) is 1.15. The molecule has 0 saturated heterocycles. The van der Waals surface area contributed by atoms with E-state index in [1.807, 2.05) is 5.48 Å². The molecule has 0 amide bonds. The molecule has 0 bridgehead atoms. The summed E-state index contributed by atoms with van der Waals surface area (Å²) in [5, 5.41) is 8.94. The maximum Gasteiger partial charge on any atom is 0.130 e. The lowest BCUT2D eigenvalue weighted by atomic mass is 9.99. The van der Waals surface area contributed by atoms with Crippen molar-refractivity contribution in [2.75, 3.05) is 0 Å². The van der Waals surface area contributed by atoms with Crippen LogP contribution in [0.1, 0.15) is 25.0 Å². The van der Waals surface area contributed by atoms with Crippen LogP contribution in [-0.4, -0.2) is 5.21 Å². The summed E-state index contributed by atoms with van der Waals surface area (Å²) in [6.45, 7) is 3.21. The van der Waals surface area contributed by atoms with Gasteiger partial charge >= 0.3 is 0 Å². The molecule has 0 aromatic heterocycles. The number of hydroxylamine groups is 1. The lowest BCUT2D eigenvalue weighted by molar-refractivity contribution is 0.161. The molecule has 0 unspecified atom stereocenters. The van der Waals surface area contributed by atoms with Gasteiger partial charge in [-0.15, -0.1) is 0 Å². The molecule has 0 aliphatic rings. The smallest absolute Gasteiger partial charge is 0.130 e. The molecule has 1 aromatic carbocycles. The van der Waals surface area contributed by atoms with Crippen molar-refractivity contribution >= 4 is 11.6 Å². The Morgan fingerprint density at radius 1 is 1.50 bits per heavy atom. The molecule has 0 heterocycles. The van der Waals surface area contributed by atoms with Crippen molar-refractivity contribution in [3.8, 4) is 0 Å². The predicted octanol–water partition coefficient (Wildman–Crippen LogP) is 3.02. The molecule has 0 radical (unpaired) electrons. The molecule has 1 rings (SSSR count). The third kappa shape index (κ3) is 2.67. The predicted molar refractivity (Wildman–Crippen MR) is 54.2 cm³/mol. The van der Waals surface area contributed by atoms with Crippen LogP contribution in [0.25, 0.3) is 0 Å². The van der Waals surface area contributed by atoms with Crippen molar-refractivity contribution in [1.29, 1.82) is 0 Å². The first kappa shape index (κ1) is 11.4. The van der Waals surface area contributed by atoms with E-state index in [1.54, 1.807) is 18.2 Å². The molecule has 0 saturated carbocycles. The van der Waals surface area contributed by atoms with Gasteiger partial charge in [-0.3, -0.25) is 0 Å². The Bertz CT molecular complexity index is 322. The average molecular weight is 218 g/mol. The molecule has 0 fully saturated rings. The number of halogens is 2. The Morgan fingerprint density at radius 3 is 2.57 bits per heavy atom. The Kier molecular flexibility index (Phi) is 3.48. The molecule has 1 aromatic rings. The summed E-state index contributed by atoms with van der Waals surface area (Å²) in [5.74, 6) is 0. The monoisotopic (exact) mass is 217 g/mol. The minimum atomic E-state index is -1.39. The average Bonchev–Trinajstić information content (AvgIpc) is 2.07. The number of rotatable bonds is 3. The lowest BCUT2D eigenvalue weighted by Crippen LogP contribution is -2.11. The van der Waals surface area contributed by atoms with Gasteiger partial charge in [0.2, 0.25) is 0 Å². The van der Waals surface area contributed by atoms with Crippen LogP contribution in [0.2, 0.25) is 5.02 Å². The van der Waals surface area contributed by atoms with Gasteiger partial charge in [-0.1, -0.05) is 23.7 Å². The second kappa shape index (κ2) is 4.26. The number of hydrogen-bond acceptors (Lipinski definition) is 2. The highest BCUT2D eigenvalue weighted by Crippen LogP contribution is 2.28. The van der Waals surface area contributed by atoms with E-state index in [9.17, 15) is 4.39 Å². The van der Waals surface area contributed by atoms with Crippen LogP contribution in [0.15, 0.2) is 18.2 Å². The van der Waals surface area contributed by atoms with Gasteiger partial charge in [0, 0.05) is 11.6 Å². The topological polar surface area (TPSA) is 32.3 Å². The Morgan fingerprint density at radius 2 is 2.14 bits per heavy atom. The third-order valence-corrected chi connectivity index (χ3v) is 2.36. The Balaban J connectivity index is 3.01. The van der Waals surface area contributed by atoms with Gasteiger partial charge in [-0.05, 0) is 31.0 Å². The maximum atomic E-state index is 13.5. The van der Waals surface area contributed by atoms with E-state index in [4.69, 9.17) is 16.8 Å². The number of nitrogens with one attached hydrogen (secondary N) is 1. The number of benzene rings is 1. The van der Waals surface area contributed by atoms with E-state index in [2.05, 4.69) is 0 Å². The van der Waals surface area contributed by atoms with E-state index < -0.39 is 5.67 Å². The summed E-state index contributed by atoms with van der Waals surface area (Å²) in [6.07, 6.45) is 0. The van der Waals surface area contributed by atoms with Gasteiger partial charge in [0.1, 0.15) is 5.67 Å². The van der Waals surface area contributed by atoms with Crippen LogP contribution in [0.4, 0.5) is 4.39 Å². The fourth-order valence-corrected chi connectivity index (χ4v) is 1.39. The summed E-state index contributed by atoms with van der Waals surface area (Å²) in [6, 6.07) is 4.94. The van der Waals surface area contributed by atoms with Crippen LogP contribution in [0.5, 0.6) is 0 Å². The molecule has 0 atom stereocenters. The normalized spacial score (nSPS) is 11.8. The highest BCUT2D eigenvalue weighted by molar-refractivity contribution is 6.31. The molecule has 2 N–H and O–H groups in total. The minimum absolute atomic E-state index is 0.256. The SMILES string of the molecule is CC(C)(F)c1ccc(CNO)c(Cl)c1. The molecular weight excluding hydrogens is 205 g/mol. The highest BCUT2D eigenvalue weighted by Gasteiger charge is 2.19. The van der Waals surface area contributed by atoms with Gasteiger partial charge in [0.25, 0.3) is 0 Å².